The van der Waals surface area contributed by atoms with Crippen LogP contribution >= 0.6 is 0 Å². The van der Waals surface area contributed by atoms with Crippen molar-refractivity contribution in [2.45, 2.75) is 18.4 Å². The Morgan fingerprint density at radius 3 is 2.38 bits per heavy atom. The van der Waals surface area contributed by atoms with Gasteiger partial charge in [-0.2, -0.15) is 0 Å². The van der Waals surface area contributed by atoms with Crippen molar-refractivity contribution >= 4 is 0 Å². The van der Waals surface area contributed by atoms with Gasteiger partial charge < -0.3 is 10.1 Å². The van der Waals surface area contributed by atoms with Gasteiger partial charge in [0.15, 0.2) is 0 Å². The predicted octanol–water partition coefficient (Wildman–Crippen LogP) is 0.385. The molecular formula is C6H13NO. The van der Waals surface area contributed by atoms with Crippen LogP contribution in [0.3, 0.4) is 0 Å². The topological polar surface area (TPSA) is 21.3 Å². The number of hydrogen-bond acceptors (Lipinski definition) is 2. The van der Waals surface area contributed by atoms with E-state index in [0.717, 1.165) is 6.54 Å². The van der Waals surface area contributed by atoms with Crippen LogP contribution in [0.2, 0.25) is 0 Å². The fourth-order valence-corrected chi connectivity index (χ4v) is 0.915. The van der Waals surface area contributed by atoms with Gasteiger partial charge in [0, 0.05) is 13.7 Å². The third-order valence-electron chi connectivity index (χ3n) is 1.74. The van der Waals surface area contributed by atoms with Crippen molar-refractivity contribution in [3.8, 4) is 0 Å². The standard InChI is InChI=1S/C6H13NO/c1-7-5-6(8-2)3-4-6/h7H,3-5H2,1-2H3. The summed E-state index contributed by atoms with van der Waals surface area (Å²) in [4.78, 5) is 0. The Morgan fingerprint density at radius 1 is 1.62 bits per heavy atom. The molecule has 0 atom stereocenters. The van der Waals surface area contributed by atoms with Crippen LogP contribution in [0, 0.1) is 0 Å². The highest BCUT2D eigenvalue weighted by molar-refractivity contribution is 4.96. The third-order valence-corrected chi connectivity index (χ3v) is 1.74. The van der Waals surface area contributed by atoms with E-state index < -0.39 is 0 Å². The van der Waals surface area contributed by atoms with Crippen LogP contribution < -0.4 is 5.32 Å². The smallest absolute Gasteiger partial charge is 0.0804 e. The summed E-state index contributed by atoms with van der Waals surface area (Å²) in [6.45, 7) is 1.00. The predicted molar refractivity (Wildman–Crippen MR) is 32.9 cm³/mol. The lowest BCUT2D eigenvalue weighted by atomic mass is 10.3. The average Bonchev–Trinajstić information content (AvgIpc) is 2.50. The zero-order valence-corrected chi connectivity index (χ0v) is 5.53. The first-order valence-corrected chi connectivity index (χ1v) is 3.03. The molecule has 0 heterocycles. The summed E-state index contributed by atoms with van der Waals surface area (Å²) >= 11 is 0. The van der Waals surface area contributed by atoms with E-state index in [-0.39, 0.29) is 5.60 Å². The van der Waals surface area contributed by atoms with Crippen molar-refractivity contribution in [2.75, 3.05) is 20.7 Å². The van der Waals surface area contributed by atoms with Gasteiger partial charge in [0.1, 0.15) is 0 Å². The molecule has 1 aliphatic rings. The van der Waals surface area contributed by atoms with Crippen molar-refractivity contribution in [1.82, 2.24) is 5.32 Å². The Balaban J connectivity index is 2.20. The summed E-state index contributed by atoms with van der Waals surface area (Å²) in [5.41, 5.74) is 0.231. The van der Waals surface area contributed by atoms with E-state index in [2.05, 4.69) is 5.32 Å². The highest BCUT2D eigenvalue weighted by Gasteiger charge is 2.41. The number of likely N-dealkylation sites (N-methyl/N-ethyl adjacent to an activating group) is 1. The molecule has 0 aromatic rings. The summed E-state index contributed by atoms with van der Waals surface area (Å²) in [5, 5.41) is 3.10. The van der Waals surface area contributed by atoms with E-state index in [4.69, 9.17) is 4.74 Å². The Bertz CT molecular complexity index is 78.6. The van der Waals surface area contributed by atoms with E-state index in [9.17, 15) is 0 Å². The largest absolute Gasteiger partial charge is 0.377 e. The molecule has 0 aromatic heterocycles. The molecule has 1 aliphatic carbocycles. The molecule has 0 radical (unpaired) electrons. The molecule has 0 aromatic carbocycles. The van der Waals surface area contributed by atoms with Gasteiger partial charge in [-0.1, -0.05) is 0 Å². The van der Waals surface area contributed by atoms with Crippen molar-refractivity contribution in [2.24, 2.45) is 0 Å². The number of hydrogen-bond donors (Lipinski definition) is 1. The minimum Gasteiger partial charge on any atom is -0.377 e. The third kappa shape index (κ3) is 1.01. The molecule has 1 rings (SSSR count). The van der Waals surface area contributed by atoms with Gasteiger partial charge >= 0.3 is 0 Å². The molecule has 8 heavy (non-hydrogen) atoms. The van der Waals surface area contributed by atoms with Crippen LogP contribution in [-0.4, -0.2) is 26.3 Å². The van der Waals surface area contributed by atoms with Crippen LogP contribution in [0.25, 0.3) is 0 Å². The Kier molecular flexibility index (Phi) is 1.54. The summed E-state index contributed by atoms with van der Waals surface area (Å²) in [7, 11) is 3.74. The summed E-state index contributed by atoms with van der Waals surface area (Å²) in [5.74, 6) is 0. The number of methoxy groups -OCH3 is 1. The van der Waals surface area contributed by atoms with Gasteiger partial charge in [0.05, 0.1) is 5.60 Å². The number of rotatable bonds is 3. The van der Waals surface area contributed by atoms with E-state index >= 15 is 0 Å². The summed E-state index contributed by atoms with van der Waals surface area (Å²) in [6, 6.07) is 0. The molecule has 48 valence electrons. The van der Waals surface area contributed by atoms with Crippen LogP contribution in [0.5, 0.6) is 0 Å². The fourth-order valence-electron chi connectivity index (χ4n) is 0.915. The first kappa shape index (κ1) is 6.05. The maximum absolute atomic E-state index is 5.23. The maximum Gasteiger partial charge on any atom is 0.0804 e. The van der Waals surface area contributed by atoms with Gasteiger partial charge in [-0.3, -0.25) is 0 Å². The first-order valence-electron chi connectivity index (χ1n) is 3.03. The SMILES string of the molecule is CNCC1(OC)CC1. The van der Waals surface area contributed by atoms with Gasteiger partial charge in [-0.25, -0.2) is 0 Å². The second-order valence-corrected chi connectivity index (χ2v) is 2.42. The van der Waals surface area contributed by atoms with E-state index in [1.165, 1.54) is 12.8 Å². The zero-order valence-electron chi connectivity index (χ0n) is 5.53. The Labute approximate surface area is 50.2 Å². The van der Waals surface area contributed by atoms with E-state index in [1.54, 1.807) is 7.11 Å². The van der Waals surface area contributed by atoms with Crippen molar-refractivity contribution in [3.63, 3.8) is 0 Å². The van der Waals surface area contributed by atoms with Crippen LogP contribution in [0.15, 0.2) is 0 Å². The summed E-state index contributed by atoms with van der Waals surface area (Å²) < 4.78 is 5.23. The normalized spacial score (nSPS) is 23.2. The van der Waals surface area contributed by atoms with E-state index in [0.29, 0.717) is 0 Å². The quantitative estimate of drug-likeness (QED) is 0.574. The highest BCUT2D eigenvalue weighted by atomic mass is 16.5. The minimum absolute atomic E-state index is 0.231. The molecule has 1 saturated carbocycles. The average molecular weight is 115 g/mol. The lowest BCUT2D eigenvalue weighted by Crippen LogP contribution is -2.26. The van der Waals surface area contributed by atoms with Gasteiger partial charge in [-0.05, 0) is 19.9 Å². The minimum atomic E-state index is 0.231. The molecule has 0 bridgehead atoms. The monoisotopic (exact) mass is 115 g/mol. The van der Waals surface area contributed by atoms with Crippen LogP contribution in [0.4, 0.5) is 0 Å². The van der Waals surface area contributed by atoms with Crippen LogP contribution in [0.1, 0.15) is 12.8 Å². The Hall–Kier alpha value is -0.0800. The lowest BCUT2D eigenvalue weighted by molar-refractivity contribution is 0.0817. The maximum atomic E-state index is 5.23. The molecule has 0 saturated heterocycles. The molecule has 0 unspecified atom stereocenters. The van der Waals surface area contributed by atoms with Crippen molar-refractivity contribution in [1.29, 1.82) is 0 Å². The molecule has 0 amide bonds. The Morgan fingerprint density at radius 2 is 2.25 bits per heavy atom. The van der Waals surface area contributed by atoms with Crippen molar-refractivity contribution in [3.05, 3.63) is 0 Å². The molecule has 1 N–H and O–H groups in total. The second-order valence-electron chi connectivity index (χ2n) is 2.42. The van der Waals surface area contributed by atoms with Crippen molar-refractivity contribution < 1.29 is 4.74 Å². The first-order chi connectivity index (χ1) is 3.83. The van der Waals surface area contributed by atoms with Gasteiger partial charge in [0.25, 0.3) is 0 Å². The number of nitrogens with one attached hydrogen (secondary N) is 1. The zero-order chi connectivity index (χ0) is 6.04. The lowest BCUT2D eigenvalue weighted by Gasteiger charge is -2.10. The molecule has 2 heteroatoms. The molecule has 0 spiro atoms. The highest BCUT2D eigenvalue weighted by Crippen LogP contribution is 2.37. The second kappa shape index (κ2) is 2.03. The fraction of sp³-hybridized carbons (Fsp3) is 1.00. The number of ether oxygens (including phenoxy) is 1. The summed E-state index contributed by atoms with van der Waals surface area (Å²) in [6.07, 6.45) is 2.45. The molecular weight excluding hydrogens is 102 g/mol. The van der Waals surface area contributed by atoms with Crippen LogP contribution in [-0.2, 0) is 4.74 Å². The molecule has 2 nitrogen and oxygen atoms in total. The van der Waals surface area contributed by atoms with Gasteiger partial charge in [-0.15, -0.1) is 0 Å². The van der Waals surface area contributed by atoms with Gasteiger partial charge in [0.2, 0.25) is 0 Å². The molecule has 0 aliphatic heterocycles. The van der Waals surface area contributed by atoms with E-state index in [1.807, 2.05) is 7.05 Å². The molecule has 1 fully saturated rings.